The third-order valence-corrected chi connectivity index (χ3v) is 7.13. The van der Waals surface area contributed by atoms with Gasteiger partial charge in [-0.05, 0) is 51.4 Å². The molecule has 0 unspecified atom stereocenters. The lowest BCUT2D eigenvalue weighted by atomic mass is 9.94. The van der Waals surface area contributed by atoms with Crippen LogP contribution in [0.1, 0.15) is 89.9 Å². The molecular formula is C32H44O8. The van der Waals surface area contributed by atoms with Crippen LogP contribution in [0.15, 0.2) is 58.5 Å². The molecule has 0 aliphatic heterocycles. The predicted octanol–water partition coefficient (Wildman–Crippen LogP) is 6.17. The second-order valence-corrected chi connectivity index (χ2v) is 9.92. The van der Waals surface area contributed by atoms with Crippen molar-refractivity contribution in [3.63, 3.8) is 0 Å². The smallest absolute Gasteiger partial charge is 0.227 e. The van der Waals surface area contributed by atoms with Gasteiger partial charge in [-0.25, -0.2) is 0 Å². The minimum Gasteiger partial charge on any atom is -0.493 e. The zero-order chi connectivity index (χ0) is 29.3. The molecule has 0 N–H and O–H groups in total. The van der Waals surface area contributed by atoms with Gasteiger partial charge in [0.25, 0.3) is 0 Å². The lowest BCUT2D eigenvalue weighted by Gasteiger charge is -2.17. The van der Waals surface area contributed by atoms with E-state index in [9.17, 15) is 19.2 Å². The molecule has 40 heavy (non-hydrogen) atoms. The van der Waals surface area contributed by atoms with Gasteiger partial charge in [0.2, 0.25) is 23.1 Å². The van der Waals surface area contributed by atoms with Crippen LogP contribution in [0.5, 0.6) is 0 Å². The molecule has 0 aromatic carbocycles. The molecule has 0 bridgehead atoms. The maximum atomic E-state index is 12.4. The van der Waals surface area contributed by atoms with Gasteiger partial charge in [0.1, 0.15) is 0 Å². The van der Waals surface area contributed by atoms with Crippen LogP contribution in [-0.2, 0) is 38.1 Å². The Balaban J connectivity index is 1.50. The first-order valence-electron chi connectivity index (χ1n) is 14.3. The average Bonchev–Trinajstić information content (AvgIpc) is 2.95. The van der Waals surface area contributed by atoms with Gasteiger partial charge < -0.3 is 18.9 Å². The van der Waals surface area contributed by atoms with Crippen molar-refractivity contribution in [3.8, 4) is 0 Å². The van der Waals surface area contributed by atoms with Crippen LogP contribution in [0.25, 0.3) is 0 Å². The number of ether oxygens (including phenoxy) is 4. The number of rotatable bonds is 20. The Hall–Kier alpha value is -3.42. The van der Waals surface area contributed by atoms with E-state index >= 15 is 0 Å². The van der Waals surface area contributed by atoms with Crippen LogP contribution in [0.3, 0.4) is 0 Å². The Morgan fingerprint density at radius 3 is 1.20 bits per heavy atom. The van der Waals surface area contributed by atoms with E-state index in [0.29, 0.717) is 24.0 Å². The van der Waals surface area contributed by atoms with Crippen LogP contribution in [0.4, 0.5) is 0 Å². The molecular weight excluding hydrogens is 512 g/mol. The molecule has 2 aliphatic carbocycles. The number of carbonyl (C=O) groups is 4. The van der Waals surface area contributed by atoms with Crippen molar-refractivity contribution < 1.29 is 38.1 Å². The van der Waals surface area contributed by atoms with Crippen molar-refractivity contribution in [1.29, 1.82) is 0 Å². The first kappa shape index (κ1) is 32.8. The highest BCUT2D eigenvalue weighted by molar-refractivity contribution is 6.21. The third-order valence-electron chi connectivity index (χ3n) is 7.13. The quantitative estimate of drug-likeness (QED) is 0.0996. The lowest BCUT2D eigenvalue weighted by Crippen LogP contribution is -2.21. The van der Waals surface area contributed by atoms with Crippen molar-refractivity contribution in [1.82, 2.24) is 0 Å². The van der Waals surface area contributed by atoms with Crippen molar-refractivity contribution in [2.45, 2.75) is 89.9 Å². The zero-order valence-electron chi connectivity index (χ0n) is 24.5. The summed E-state index contributed by atoms with van der Waals surface area (Å²) in [7, 11) is 5.62. The van der Waals surface area contributed by atoms with E-state index in [4.69, 9.17) is 18.9 Å². The topological polar surface area (TPSA) is 105 Å². The second kappa shape index (κ2) is 18.0. The normalized spacial score (nSPS) is 16.1. The van der Waals surface area contributed by atoms with Gasteiger partial charge in [-0.1, -0.05) is 50.7 Å². The molecule has 0 atom stereocenters. The monoisotopic (exact) mass is 556 g/mol. The number of ketones is 4. The molecule has 8 nitrogen and oxygen atoms in total. The first-order chi connectivity index (χ1) is 19.4. The molecule has 0 amide bonds. The zero-order valence-corrected chi connectivity index (χ0v) is 24.5. The highest BCUT2D eigenvalue weighted by atomic mass is 16.5. The van der Waals surface area contributed by atoms with Crippen molar-refractivity contribution in [2.75, 3.05) is 28.4 Å². The summed E-state index contributed by atoms with van der Waals surface area (Å²) in [6.07, 6.45) is 20.4. The summed E-state index contributed by atoms with van der Waals surface area (Å²) >= 11 is 0. The number of unbranched alkanes of at least 4 members (excludes halogenated alkanes) is 10. The summed E-state index contributed by atoms with van der Waals surface area (Å²) < 4.78 is 20.4. The van der Waals surface area contributed by atoms with Gasteiger partial charge >= 0.3 is 0 Å². The summed E-state index contributed by atoms with van der Waals surface area (Å²) in [5.41, 5.74) is 0.836. The fourth-order valence-corrected chi connectivity index (χ4v) is 4.93. The molecule has 8 heteroatoms. The molecule has 0 radical (unpaired) electrons. The minimum atomic E-state index is -0.315. The molecule has 0 aromatic heterocycles. The minimum absolute atomic E-state index is 0.0804. The van der Waals surface area contributed by atoms with Crippen molar-refractivity contribution in [3.05, 3.63) is 58.5 Å². The van der Waals surface area contributed by atoms with E-state index in [1.165, 1.54) is 40.6 Å². The maximum absolute atomic E-state index is 12.4. The summed E-state index contributed by atoms with van der Waals surface area (Å²) in [6.45, 7) is 0. The van der Waals surface area contributed by atoms with Gasteiger partial charge in [0, 0.05) is 23.3 Å². The molecule has 220 valence electrons. The molecule has 2 rings (SSSR count). The van der Waals surface area contributed by atoms with E-state index < -0.39 is 0 Å². The SMILES string of the molecule is COC1=CC(=O)C(OC)=C(CCCCCCCC=CCCCCCCCC2=C(OC)C(=O)C=C(OC)C2=O)C1=O. The maximum Gasteiger partial charge on any atom is 0.227 e. The Kier molecular flexibility index (Phi) is 14.8. The number of hydrogen-bond acceptors (Lipinski definition) is 8. The fourth-order valence-electron chi connectivity index (χ4n) is 4.93. The van der Waals surface area contributed by atoms with E-state index in [2.05, 4.69) is 12.2 Å². The van der Waals surface area contributed by atoms with Crippen LogP contribution in [0, 0.1) is 0 Å². The largest absolute Gasteiger partial charge is 0.493 e. The predicted molar refractivity (Wildman–Crippen MR) is 152 cm³/mol. The fraction of sp³-hybridized carbons (Fsp3) is 0.562. The van der Waals surface area contributed by atoms with E-state index in [1.54, 1.807) is 0 Å². The highest BCUT2D eigenvalue weighted by Gasteiger charge is 2.30. The average molecular weight is 557 g/mol. The van der Waals surface area contributed by atoms with Crippen molar-refractivity contribution >= 4 is 23.1 Å². The summed E-state index contributed by atoms with van der Waals surface area (Å²) in [4.78, 5) is 49.1. The van der Waals surface area contributed by atoms with Gasteiger partial charge in [0.15, 0.2) is 23.0 Å². The third kappa shape index (κ3) is 9.65. The van der Waals surface area contributed by atoms with Gasteiger partial charge in [-0.2, -0.15) is 0 Å². The molecule has 0 saturated heterocycles. The number of carbonyl (C=O) groups excluding carboxylic acids is 4. The van der Waals surface area contributed by atoms with E-state index in [-0.39, 0.29) is 46.2 Å². The molecule has 0 heterocycles. The lowest BCUT2D eigenvalue weighted by molar-refractivity contribution is -0.120. The second-order valence-electron chi connectivity index (χ2n) is 9.92. The summed E-state index contributed by atoms with van der Waals surface area (Å²) in [5.74, 6) is -0.698. The molecule has 0 saturated carbocycles. The molecule has 2 aliphatic rings. The Labute approximate surface area is 238 Å². The first-order valence-corrected chi connectivity index (χ1v) is 14.3. The van der Waals surface area contributed by atoms with Crippen LogP contribution in [0.2, 0.25) is 0 Å². The number of methoxy groups -OCH3 is 4. The Bertz CT molecular complexity index is 986. The number of hydrogen-bond donors (Lipinski definition) is 0. The van der Waals surface area contributed by atoms with E-state index in [1.807, 2.05) is 0 Å². The summed E-state index contributed by atoms with van der Waals surface area (Å²) in [6, 6.07) is 0. The molecule has 0 fully saturated rings. The Morgan fingerprint density at radius 1 is 0.500 bits per heavy atom. The van der Waals surface area contributed by atoms with Crippen LogP contribution < -0.4 is 0 Å². The summed E-state index contributed by atoms with van der Waals surface area (Å²) in [5, 5.41) is 0. The van der Waals surface area contributed by atoms with Gasteiger partial charge in [-0.3, -0.25) is 19.2 Å². The number of allylic oxidation sites excluding steroid dienone is 6. The number of Topliss-reactive ketones (excluding diaryl/α,β-unsaturated/α-hetero) is 2. The van der Waals surface area contributed by atoms with E-state index in [0.717, 1.165) is 77.0 Å². The molecule has 0 aromatic rings. The van der Waals surface area contributed by atoms with Crippen LogP contribution in [-0.4, -0.2) is 51.6 Å². The molecule has 0 spiro atoms. The van der Waals surface area contributed by atoms with Crippen molar-refractivity contribution in [2.24, 2.45) is 0 Å². The van der Waals surface area contributed by atoms with Gasteiger partial charge in [0.05, 0.1) is 28.4 Å². The highest BCUT2D eigenvalue weighted by Crippen LogP contribution is 2.26. The Morgan fingerprint density at radius 2 is 0.850 bits per heavy atom. The standard InChI is InChI=1S/C32H44O8/c1-37-27-21-25(33)31(39-3)23(29(27)35)19-17-15-13-11-9-7-5-6-8-10-12-14-16-18-20-24-30(36)28(38-2)22-26(34)32(24)40-4/h5-6,21-22H,7-20H2,1-4H3. The van der Waals surface area contributed by atoms with Gasteiger partial charge in [-0.15, -0.1) is 0 Å². The van der Waals surface area contributed by atoms with Crippen LogP contribution >= 0.6 is 0 Å².